The van der Waals surface area contributed by atoms with Gasteiger partial charge in [-0.15, -0.1) is 0 Å². The van der Waals surface area contributed by atoms with Crippen LogP contribution in [0.15, 0.2) is 60.7 Å². The van der Waals surface area contributed by atoms with Crippen molar-refractivity contribution in [1.29, 1.82) is 0 Å². The van der Waals surface area contributed by atoms with Crippen LogP contribution in [-0.4, -0.2) is 86.0 Å². The Morgan fingerprint density at radius 1 is 0.875 bits per heavy atom. The molecule has 0 bridgehead atoms. The van der Waals surface area contributed by atoms with Crippen molar-refractivity contribution in [3.8, 4) is 5.75 Å². The molecule has 6 rings (SSSR count). The molecular weight excluding hydrogens is 504 g/mol. The van der Waals surface area contributed by atoms with Crippen molar-refractivity contribution in [2.45, 2.75) is 18.9 Å². The highest BCUT2D eigenvalue weighted by Gasteiger charge is 2.29. The lowest BCUT2D eigenvalue weighted by Crippen LogP contribution is -2.52. The molecule has 3 aromatic rings. The molecule has 208 valence electrons. The fourth-order valence-electron chi connectivity index (χ4n) is 5.85. The number of piperidine rings is 1. The first-order valence-corrected chi connectivity index (χ1v) is 14.0. The van der Waals surface area contributed by atoms with Gasteiger partial charge >= 0.3 is 0 Å². The lowest BCUT2D eigenvalue weighted by molar-refractivity contribution is 0.0518. The number of ether oxygens (including phenoxy) is 1. The molecule has 0 spiro atoms. The van der Waals surface area contributed by atoms with Crippen LogP contribution in [0.3, 0.4) is 0 Å². The molecule has 2 fully saturated rings. The average Bonchev–Trinajstić information content (AvgIpc) is 3.13. The Bertz CT molecular complexity index is 1410. The molecule has 9 nitrogen and oxygen atoms in total. The number of rotatable bonds is 5. The van der Waals surface area contributed by atoms with E-state index in [1.807, 2.05) is 59.5 Å². The van der Waals surface area contributed by atoms with Gasteiger partial charge in [0.05, 0.1) is 35.4 Å². The summed E-state index contributed by atoms with van der Waals surface area (Å²) in [6.07, 6.45) is 2.03. The topological polar surface area (TPSA) is 89.2 Å². The molecule has 40 heavy (non-hydrogen) atoms. The number of piperazine rings is 1. The average molecular weight is 541 g/mol. The third-order valence-corrected chi connectivity index (χ3v) is 8.24. The number of fused-ring (bicyclic) bond motifs is 2. The van der Waals surface area contributed by atoms with Gasteiger partial charge in [-0.1, -0.05) is 12.1 Å². The van der Waals surface area contributed by atoms with Crippen molar-refractivity contribution < 1.29 is 14.3 Å². The fourth-order valence-corrected chi connectivity index (χ4v) is 5.85. The van der Waals surface area contributed by atoms with Crippen LogP contribution in [0.1, 0.15) is 33.6 Å². The first-order valence-electron chi connectivity index (χ1n) is 14.0. The van der Waals surface area contributed by atoms with E-state index in [-0.39, 0.29) is 11.8 Å². The molecule has 2 amide bonds. The van der Waals surface area contributed by atoms with E-state index < -0.39 is 0 Å². The summed E-state index contributed by atoms with van der Waals surface area (Å²) in [5.41, 5.74) is 5.05. The van der Waals surface area contributed by atoms with E-state index in [0.29, 0.717) is 28.6 Å². The summed E-state index contributed by atoms with van der Waals surface area (Å²) < 4.78 is 5.68. The highest BCUT2D eigenvalue weighted by molar-refractivity contribution is 6.12. The van der Waals surface area contributed by atoms with E-state index in [2.05, 4.69) is 32.8 Å². The molecule has 0 radical (unpaired) electrons. The van der Waals surface area contributed by atoms with Crippen LogP contribution in [0.2, 0.25) is 0 Å². The maximum atomic E-state index is 13.4. The van der Waals surface area contributed by atoms with Crippen molar-refractivity contribution in [3.05, 3.63) is 71.8 Å². The Morgan fingerprint density at radius 2 is 1.65 bits per heavy atom. The Hall–Kier alpha value is -4.08. The van der Waals surface area contributed by atoms with Crippen molar-refractivity contribution >= 4 is 40.3 Å². The Morgan fingerprint density at radius 3 is 2.42 bits per heavy atom. The Balaban J connectivity index is 1.13. The molecule has 3 heterocycles. The number of amides is 2. The molecular formula is C31H36N6O3. The van der Waals surface area contributed by atoms with E-state index >= 15 is 0 Å². The van der Waals surface area contributed by atoms with Gasteiger partial charge in [0.25, 0.3) is 11.8 Å². The van der Waals surface area contributed by atoms with E-state index in [0.717, 1.165) is 74.9 Å². The van der Waals surface area contributed by atoms with Crippen molar-refractivity contribution in [2.24, 2.45) is 0 Å². The van der Waals surface area contributed by atoms with Crippen LogP contribution in [-0.2, 0) is 0 Å². The summed E-state index contributed by atoms with van der Waals surface area (Å²) in [7, 11) is 3.79. The molecule has 3 N–H and O–H groups in total. The SMILES string of the molecule is COc1cc(C(=O)N2CCC(N3CCN(C)CC3)CC2)ccc1Nc1ccc2c(c1)Nc1ccccc1C(=O)N2. The first-order chi connectivity index (χ1) is 19.5. The summed E-state index contributed by atoms with van der Waals surface area (Å²) in [4.78, 5) is 32.9. The van der Waals surface area contributed by atoms with Crippen LogP contribution in [0, 0.1) is 0 Å². The lowest BCUT2D eigenvalue weighted by atomic mass is 10.0. The Labute approximate surface area is 235 Å². The number of nitrogens with zero attached hydrogens (tertiary/aromatic N) is 3. The molecule has 0 saturated carbocycles. The third kappa shape index (κ3) is 5.35. The smallest absolute Gasteiger partial charge is 0.257 e. The quantitative estimate of drug-likeness (QED) is 0.436. The standard InChI is InChI=1S/C31H36N6O3/c1-35-15-17-36(18-16-35)23-11-13-37(14-12-23)31(39)21-7-9-27(29(19-21)40-2)32-22-8-10-26-28(20-22)33-25-6-4-3-5-24(25)30(38)34-26/h3-10,19-20,23,32-33H,11-18H2,1-2H3,(H,34,38). The molecule has 0 unspecified atom stereocenters. The van der Waals surface area contributed by atoms with Crippen LogP contribution < -0.4 is 20.7 Å². The van der Waals surface area contributed by atoms with Gasteiger partial charge in [0.2, 0.25) is 0 Å². The highest BCUT2D eigenvalue weighted by Crippen LogP contribution is 2.36. The van der Waals surface area contributed by atoms with E-state index in [4.69, 9.17) is 4.74 Å². The molecule has 0 aliphatic carbocycles. The zero-order valence-electron chi connectivity index (χ0n) is 23.1. The number of nitrogens with one attached hydrogen (secondary N) is 3. The number of likely N-dealkylation sites (N-methyl/N-ethyl adjacent to an activating group) is 1. The number of hydrogen-bond acceptors (Lipinski definition) is 7. The third-order valence-electron chi connectivity index (χ3n) is 8.24. The zero-order chi connectivity index (χ0) is 27.6. The number of hydrogen-bond donors (Lipinski definition) is 3. The van der Waals surface area contributed by atoms with Gasteiger partial charge in [-0.25, -0.2) is 0 Å². The van der Waals surface area contributed by atoms with Crippen LogP contribution in [0.25, 0.3) is 0 Å². The zero-order valence-corrected chi connectivity index (χ0v) is 23.1. The minimum atomic E-state index is -0.145. The number of methoxy groups -OCH3 is 1. The summed E-state index contributed by atoms with van der Waals surface area (Å²) >= 11 is 0. The molecule has 9 heteroatoms. The number of likely N-dealkylation sites (tertiary alicyclic amines) is 1. The Kier molecular flexibility index (Phi) is 7.32. The first kappa shape index (κ1) is 26.2. The second-order valence-corrected chi connectivity index (χ2v) is 10.8. The molecule has 3 aliphatic heterocycles. The summed E-state index contributed by atoms with van der Waals surface area (Å²) in [5.74, 6) is 0.498. The van der Waals surface area contributed by atoms with Gasteiger partial charge in [-0.2, -0.15) is 0 Å². The van der Waals surface area contributed by atoms with Gasteiger partial charge < -0.3 is 30.5 Å². The second-order valence-electron chi connectivity index (χ2n) is 10.8. The van der Waals surface area contributed by atoms with Gasteiger partial charge in [0.15, 0.2) is 0 Å². The maximum Gasteiger partial charge on any atom is 0.257 e. The lowest BCUT2D eigenvalue weighted by Gasteiger charge is -2.42. The highest BCUT2D eigenvalue weighted by atomic mass is 16.5. The maximum absolute atomic E-state index is 13.4. The van der Waals surface area contributed by atoms with Crippen LogP contribution in [0.4, 0.5) is 28.4 Å². The normalized spacial score (nSPS) is 18.1. The monoisotopic (exact) mass is 540 g/mol. The van der Waals surface area contributed by atoms with Gasteiger partial charge in [0, 0.05) is 56.6 Å². The van der Waals surface area contributed by atoms with Gasteiger partial charge in [-0.3, -0.25) is 14.5 Å². The number of carbonyl (C=O) groups excluding carboxylic acids is 2. The molecule has 0 atom stereocenters. The van der Waals surface area contributed by atoms with E-state index in [1.54, 1.807) is 13.2 Å². The van der Waals surface area contributed by atoms with E-state index in [9.17, 15) is 9.59 Å². The predicted octanol–water partition coefficient (Wildman–Crippen LogP) is 4.60. The summed E-state index contributed by atoms with van der Waals surface area (Å²) in [6.45, 7) is 6.02. The number of para-hydroxylation sites is 1. The minimum Gasteiger partial charge on any atom is -0.495 e. The summed E-state index contributed by atoms with van der Waals surface area (Å²) in [5, 5.41) is 9.74. The molecule has 3 aromatic carbocycles. The van der Waals surface area contributed by atoms with E-state index in [1.165, 1.54) is 0 Å². The minimum absolute atomic E-state index is 0.0466. The predicted molar refractivity (Wildman–Crippen MR) is 158 cm³/mol. The van der Waals surface area contributed by atoms with Crippen molar-refractivity contribution in [3.63, 3.8) is 0 Å². The summed E-state index contributed by atoms with van der Waals surface area (Å²) in [6, 6.07) is 19.3. The van der Waals surface area contributed by atoms with Gasteiger partial charge in [-0.05, 0) is 68.4 Å². The van der Waals surface area contributed by atoms with Crippen molar-refractivity contribution in [2.75, 3.05) is 69.4 Å². The number of benzene rings is 3. The number of anilines is 5. The largest absolute Gasteiger partial charge is 0.495 e. The molecule has 2 saturated heterocycles. The molecule has 3 aliphatic rings. The van der Waals surface area contributed by atoms with Crippen LogP contribution >= 0.6 is 0 Å². The number of carbonyl (C=O) groups is 2. The van der Waals surface area contributed by atoms with Gasteiger partial charge in [0.1, 0.15) is 5.75 Å². The van der Waals surface area contributed by atoms with Crippen LogP contribution in [0.5, 0.6) is 5.75 Å². The molecule has 0 aromatic heterocycles. The van der Waals surface area contributed by atoms with Crippen molar-refractivity contribution in [1.82, 2.24) is 14.7 Å². The fraction of sp³-hybridized carbons (Fsp3) is 0.355. The second kappa shape index (κ2) is 11.2.